The molecule has 0 saturated heterocycles. The zero-order valence-corrected chi connectivity index (χ0v) is 10.1. The molecule has 1 N–H and O–H groups in total. The molecular weight excluding hydrogens is 176 g/mol. The topological polar surface area (TPSA) is 29.5 Å². The highest BCUT2D eigenvalue weighted by atomic mass is 16.5. The summed E-state index contributed by atoms with van der Waals surface area (Å²) in [6.07, 6.45) is 4.87. The molecule has 14 heavy (non-hydrogen) atoms. The lowest BCUT2D eigenvalue weighted by molar-refractivity contribution is -0.0234. The summed E-state index contributed by atoms with van der Waals surface area (Å²) < 4.78 is 5.60. The van der Waals surface area contributed by atoms with Crippen LogP contribution in [-0.4, -0.2) is 23.9 Å². The van der Waals surface area contributed by atoms with Crippen molar-refractivity contribution in [3.8, 4) is 0 Å². The van der Waals surface area contributed by atoms with Crippen LogP contribution in [0.2, 0.25) is 0 Å². The van der Waals surface area contributed by atoms with E-state index in [1.54, 1.807) is 6.92 Å². The number of ether oxygens (including phenoxy) is 1. The maximum atomic E-state index is 9.11. The Hall–Kier alpha value is -0.0800. The summed E-state index contributed by atoms with van der Waals surface area (Å²) >= 11 is 0. The molecule has 86 valence electrons. The molecule has 0 aromatic carbocycles. The van der Waals surface area contributed by atoms with E-state index in [2.05, 4.69) is 20.8 Å². The van der Waals surface area contributed by atoms with Gasteiger partial charge in [-0.25, -0.2) is 0 Å². The predicted molar refractivity (Wildman–Crippen MR) is 60.4 cm³/mol. The van der Waals surface area contributed by atoms with Gasteiger partial charge >= 0.3 is 0 Å². The quantitative estimate of drug-likeness (QED) is 0.655. The number of unbranched alkanes of at least 4 members (excludes halogenated alkanes) is 1. The molecule has 0 aromatic heterocycles. The van der Waals surface area contributed by atoms with Gasteiger partial charge in [0.1, 0.15) is 0 Å². The molecule has 2 heteroatoms. The van der Waals surface area contributed by atoms with E-state index in [0.29, 0.717) is 12.5 Å². The summed E-state index contributed by atoms with van der Waals surface area (Å²) in [4.78, 5) is 0. The standard InChI is InChI=1S/C12H26O2/c1-5-7-8-12(6-2)11(4)14-9-10(3)13/h10-13H,5-9H2,1-4H3. The Morgan fingerprint density at radius 1 is 1.21 bits per heavy atom. The molecule has 0 amide bonds. The fourth-order valence-corrected chi connectivity index (χ4v) is 1.66. The van der Waals surface area contributed by atoms with Gasteiger partial charge in [-0.3, -0.25) is 0 Å². The molecule has 0 radical (unpaired) electrons. The van der Waals surface area contributed by atoms with E-state index in [1.165, 1.54) is 25.7 Å². The van der Waals surface area contributed by atoms with E-state index in [-0.39, 0.29) is 12.2 Å². The zero-order valence-electron chi connectivity index (χ0n) is 10.1. The molecule has 0 fully saturated rings. The molecule has 0 aromatic rings. The molecular formula is C12H26O2. The minimum atomic E-state index is -0.346. The van der Waals surface area contributed by atoms with Crippen LogP contribution in [0.4, 0.5) is 0 Å². The normalized spacial score (nSPS) is 17.8. The summed E-state index contributed by atoms with van der Waals surface area (Å²) in [5, 5.41) is 9.11. The van der Waals surface area contributed by atoms with Crippen LogP contribution in [0.1, 0.15) is 53.4 Å². The first-order valence-corrected chi connectivity index (χ1v) is 5.91. The molecule has 3 unspecified atom stereocenters. The van der Waals surface area contributed by atoms with Crippen molar-refractivity contribution in [1.29, 1.82) is 0 Å². The van der Waals surface area contributed by atoms with Crippen LogP contribution < -0.4 is 0 Å². The molecule has 0 rings (SSSR count). The van der Waals surface area contributed by atoms with E-state index in [0.717, 1.165) is 0 Å². The monoisotopic (exact) mass is 202 g/mol. The first-order valence-electron chi connectivity index (χ1n) is 5.91. The Bertz CT molecular complexity index is 123. The summed E-state index contributed by atoms with van der Waals surface area (Å²) in [5.41, 5.74) is 0. The van der Waals surface area contributed by atoms with Crippen molar-refractivity contribution < 1.29 is 9.84 Å². The number of rotatable bonds is 8. The van der Waals surface area contributed by atoms with Crippen LogP contribution in [0.3, 0.4) is 0 Å². The Kier molecular flexibility index (Phi) is 8.20. The van der Waals surface area contributed by atoms with Crippen LogP contribution in [0.5, 0.6) is 0 Å². The van der Waals surface area contributed by atoms with Crippen LogP contribution in [0, 0.1) is 5.92 Å². The van der Waals surface area contributed by atoms with E-state index < -0.39 is 0 Å². The van der Waals surface area contributed by atoms with Crippen molar-refractivity contribution in [3.63, 3.8) is 0 Å². The maximum Gasteiger partial charge on any atom is 0.0745 e. The smallest absolute Gasteiger partial charge is 0.0745 e. The fourth-order valence-electron chi connectivity index (χ4n) is 1.66. The molecule has 0 bridgehead atoms. The van der Waals surface area contributed by atoms with Crippen LogP contribution in [0.15, 0.2) is 0 Å². The largest absolute Gasteiger partial charge is 0.391 e. The Morgan fingerprint density at radius 2 is 1.86 bits per heavy atom. The van der Waals surface area contributed by atoms with Gasteiger partial charge < -0.3 is 9.84 Å². The number of hydrogen-bond donors (Lipinski definition) is 1. The molecule has 0 aliphatic heterocycles. The van der Waals surface area contributed by atoms with Crippen molar-refractivity contribution in [2.24, 2.45) is 5.92 Å². The second-order valence-electron chi connectivity index (χ2n) is 4.20. The highest BCUT2D eigenvalue weighted by molar-refractivity contribution is 4.65. The Labute approximate surface area is 88.7 Å². The van der Waals surface area contributed by atoms with Crippen LogP contribution in [0.25, 0.3) is 0 Å². The van der Waals surface area contributed by atoms with Gasteiger partial charge in [-0.1, -0.05) is 33.1 Å². The average molecular weight is 202 g/mol. The van der Waals surface area contributed by atoms with Crippen molar-refractivity contribution in [3.05, 3.63) is 0 Å². The maximum absolute atomic E-state index is 9.11. The zero-order chi connectivity index (χ0) is 11.0. The molecule has 3 atom stereocenters. The summed E-state index contributed by atoms with van der Waals surface area (Å²) in [5.74, 6) is 0.647. The molecule has 0 aliphatic rings. The van der Waals surface area contributed by atoms with E-state index in [4.69, 9.17) is 9.84 Å². The highest BCUT2D eigenvalue weighted by Gasteiger charge is 2.15. The molecule has 0 aliphatic carbocycles. The van der Waals surface area contributed by atoms with Gasteiger partial charge in [-0.15, -0.1) is 0 Å². The predicted octanol–water partition coefficient (Wildman–Crippen LogP) is 2.99. The van der Waals surface area contributed by atoms with Crippen molar-refractivity contribution in [2.75, 3.05) is 6.61 Å². The van der Waals surface area contributed by atoms with E-state index in [9.17, 15) is 0 Å². The first-order chi connectivity index (χ1) is 6.61. The summed E-state index contributed by atoms with van der Waals surface area (Å²) in [7, 11) is 0. The minimum Gasteiger partial charge on any atom is -0.391 e. The lowest BCUT2D eigenvalue weighted by Crippen LogP contribution is -2.24. The fraction of sp³-hybridized carbons (Fsp3) is 1.00. The molecule has 0 heterocycles. The molecule has 0 spiro atoms. The minimum absolute atomic E-state index is 0.279. The SMILES string of the molecule is CCCCC(CC)C(C)OCC(C)O. The lowest BCUT2D eigenvalue weighted by Gasteiger charge is -2.23. The molecule has 0 saturated carbocycles. The second-order valence-corrected chi connectivity index (χ2v) is 4.20. The van der Waals surface area contributed by atoms with E-state index in [1.807, 2.05) is 0 Å². The van der Waals surface area contributed by atoms with Crippen molar-refractivity contribution >= 4 is 0 Å². The third-order valence-corrected chi connectivity index (χ3v) is 2.72. The summed E-state index contributed by atoms with van der Waals surface area (Å²) in [6.45, 7) is 8.77. The van der Waals surface area contributed by atoms with Crippen LogP contribution in [-0.2, 0) is 4.74 Å². The Morgan fingerprint density at radius 3 is 2.29 bits per heavy atom. The average Bonchev–Trinajstić information content (AvgIpc) is 2.16. The Balaban J connectivity index is 3.72. The van der Waals surface area contributed by atoms with Crippen molar-refractivity contribution in [2.45, 2.75) is 65.6 Å². The van der Waals surface area contributed by atoms with Crippen molar-refractivity contribution in [1.82, 2.24) is 0 Å². The van der Waals surface area contributed by atoms with Crippen LogP contribution >= 0.6 is 0 Å². The number of aliphatic hydroxyl groups excluding tert-OH is 1. The third-order valence-electron chi connectivity index (χ3n) is 2.72. The second kappa shape index (κ2) is 8.25. The van der Waals surface area contributed by atoms with Gasteiger partial charge in [0.05, 0.1) is 18.8 Å². The van der Waals surface area contributed by atoms with Gasteiger partial charge in [0.15, 0.2) is 0 Å². The van der Waals surface area contributed by atoms with Gasteiger partial charge in [-0.05, 0) is 26.2 Å². The highest BCUT2D eigenvalue weighted by Crippen LogP contribution is 2.19. The van der Waals surface area contributed by atoms with Gasteiger partial charge in [0.25, 0.3) is 0 Å². The first kappa shape index (κ1) is 13.9. The number of hydrogen-bond acceptors (Lipinski definition) is 2. The van der Waals surface area contributed by atoms with Gasteiger partial charge in [0.2, 0.25) is 0 Å². The van der Waals surface area contributed by atoms with Gasteiger partial charge in [-0.2, -0.15) is 0 Å². The third kappa shape index (κ3) is 6.39. The number of aliphatic hydroxyl groups is 1. The summed E-state index contributed by atoms with van der Waals surface area (Å²) in [6, 6.07) is 0. The van der Waals surface area contributed by atoms with E-state index >= 15 is 0 Å². The van der Waals surface area contributed by atoms with Gasteiger partial charge in [0, 0.05) is 0 Å². The lowest BCUT2D eigenvalue weighted by atomic mass is 9.94. The molecule has 2 nitrogen and oxygen atoms in total.